The summed E-state index contributed by atoms with van der Waals surface area (Å²) < 4.78 is 1.81. The van der Waals surface area contributed by atoms with Gasteiger partial charge in [-0.2, -0.15) is 0 Å². The van der Waals surface area contributed by atoms with Gasteiger partial charge < -0.3 is 15.0 Å². The van der Waals surface area contributed by atoms with E-state index >= 15 is 0 Å². The summed E-state index contributed by atoms with van der Waals surface area (Å²) in [5, 5.41) is 13.3. The number of amides is 1. The molecule has 1 saturated heterocycles. The van der Waals surface area contributed by atoms with E-state index in [1.54, 1.807) is 0 Å². The maximum Gasteiger partial charge on any atom is 0.258 e. The Morgan fingerprint density at radius 1 is 1.27 bits per heavy atom. The molecule has 2 aromatic rings. The van der Waals surface area contributed by atoms with Crippen molar-refractivity contribution in [3.8, 4) is 0 Å². The number of nitrogens with one attached hydrogen (secondary N) is 1. The molecule has 0 unspecified atom stereocenters. The monoisotopic (exact) mass is 407 g/mol. The summed E-state index contributed by atoms with van der Waals surface area (Å²) in [6.07, 6.45) is 3.68. The number of fused-ring (bicyclic) bond motifs is 3. The van der Waals surface area contributed by atoms with Crippen molar-refractivity contribution >= 4 is 12.0 Å². The van der Waals surface area contributed by atoms with Gasteiger partial charge in [-0.25, -0.2) is 0 Å². The minimum atomic E-state index is -0.435. The van der Waals surface area contributed by atoms with Crippen LogP contribution in [0.15, 0.2) is 53.3 Å². The van der Waals surface area contributed by atoms with E-state index in [-0.39, 0.29) is 42.0 Å². The number of pyridine rings is 1. The Balaban J connectivity index is 1.60. The lowest BCUT2D eigenvalue weighted by Gasteiger charge is -2.28. The molecule has 0 spiro atoms. The van der Waals surface area contributed by atoms with Crippen molar-refractivity contribution in [3.63, 3.8) is 0 Å². The zero-order chi connectivity index (χ0) is 21.4. The van der Waals surface area contributed by atoms with Gasteiger partial charge in [-0.05, 0) is 38.6 Å². The highest BCUT2D eigenvalue weighted by molar-refractivity contribution is 5.83. The minimum Gasteiger partial charge on any atom is -0.396 e. The number of aliphatic hydroxyl groups excluding tert-OH is 1. The molecule has 0 radical (unpaired) electrons. The number of carbonyl (C=O) groups excluding carboxylic acids is 1. The third kappa shape index (κ3) is 3.30. The molecule has 158 valence electrons. The highest BCUT2D eigenvalue weighted by Crippen LogP contribution is 2.48. The molecule has 2 N–H and O–H groups in total. The van der Waals surface area contributed by atoms with Crippen molar-refractivity contribution in [1.82, 2.24) is 14.8 Å². The van der Waals surface area contributed by atoms with Crippen molar-refractivity contribution in [3.05, 3.63) is 75.7 Å². The number of benzene rings is 1. The Morgan fingerprint density at radius 2 is 2.00 bits per heavy atom. The molecule has 6 nitrogen and oxygen atoms in total. The maximum atomic E-state index is 13.2. The van der Waals surface area contributed by atoms with E-state index in [9.17, 15) is 14.7 Å². The molecule has 1 amide bonds. The molecule has 2 aliphatic heterocycles. The smallest absolute Gasteiger partial charge is 0.258 e. The Morgan fingerprint density at radius 3 is 2.67 bits per heavy atom. The zero-order valence-electron chi connectivity index (χ0n) is 17.7. The second-order valence-corrected chi connectivity index (χ2v) is 8.34. The molecule has 2 aliphatic rings. The van der Waals surface area contributed by atoms with E-state index in [4.69, 9.17) is 0 Å². The lowest BCUT2D eigenvalue weighted by molar-refractivity contribution is -0.127. The SMILES string of the molecule is C/C=C/c1ccc2n(c1=O)C[C@@H]1[C@@H](CO)[C@H](C(=O)N[C@H](C)c3ccccc3)N(C)[C@H]21. The first-order chi connectivity index (χ1) is 14.5. The first-order valence-corrected chi connectivity index (χ1v) is 10.5. The fourth-order valence-electron chi connectivity index (χ4n) is 5.22. The molecule has 30 heavy (non-hydrogen) atoms. The second kappa shape index (κ2) is 8.20. The summed E-state index contributed by atoms with van der Waals surface area (Å²) >= 11 is 0. The van der Waals surface area contributed by atoms with Crippen molar-refractivity contribution in [1.29, 1.82) is 0 Å². The van der Waals surface area contributed by atoms with Gasteiger partial charge in [-0.1, -0.05) is 42.5 Å². The molecule has 1 fully saturated rings. The van der Waals surface area contributed by atoms with Crippen LogP contribution in [0.25, 0.3) is 6.08 Å². The van der Waals surface area contributed by atoms with Crippen molar-refractivity contribution < 1.29 is 9.90 Å². The molecule has 6 heteroatoms. The fraction of sp³-hybridized carbons (Fsp3) is 0.417. The first kappa shape index (κ1) is 20.6. The number of likely N-dealkylation sites (N-methyl/N-ethyl adjacent to an activating group) is 1. The number of aliphatic hydroxyl groups is 1. The lowest BCUT2D eigenvalue weighted by Crippen LogP contribution is -2.47. The number of nitrogens with zero attached hydrogens (tertiary/aromatic N) is 2. The van der Waals surface area contributed by atoms with Crippen LogP contribution in [0.3, 0.4) is 0 Å². The third-order valence-corrected chi connectivity index (χ3v) is 6.66. The Hall–Kier alpha value is -2.70. The molecular formula is C24H29N3O3. The number of likely N-dealkylation sites (tertiary alicyclic amines) is 1. The van der Waals surface area contributed by atoms with Crippen LogP contribution in [-0.2, 0) is 11.3 Å². The van der Waals surface area contributed by atoms with Crippen LogP contribution in [0, 0.1) is 11.8 Å². The van der Waals surface area contributed by atoms with Crippen LogP contribution in [0.5, 0.6) is 0 Å². The number of carbonyl (C=O) groups is 1. The number of hydrogen-bond donors (Lipinski definition) is 2. The van der Waals surface area contributed by atoms with Crippen molar-refractivity contribution in [2.24, 2.45) is 11.8 Å². The van der Waals surface area contributed by atoms with E-state index in [1.165, 1.54) is 0 Å². The van der Waals surface area contributed by atoms with E-state index < -0.39 is 6.04 Å². The second-order valence-electron chi connectivity index (χ2n) is 8.34. The van der Waals surface area contributed by atoms with Gasteiger partial charge in [0.2, 0.25) is 5.91 Å². The van der Waals surface area contributed by atoms with Crippen LogP contribution >= 0.6 is 0 Å². The average Bonchev–Trinajstić information content (AvgIpc) is 3.26. The van der Waals surface area contributed by atoms with Gasteiger partial charge in [0.25, 0.3) is 5.56 Å². The Bertz CT molecular complexity index is 1010. The van der Waals surface area contributed by atoms with Gasteiger partial charge >= 0.3 is 0 Å². The van der Waals surface area contributed by atoms with Crippen LogP contribution < -0.4 is 10.9 Å². The standard InChI is InChI=1S/C24H29N3O3/c1-4-8-17-11-12-20-21-18(13-27(20)24(17)30)19(14-28)22(26(21)3)23(29)25-15(2)16-9-6-5-7-10-16/h4-12,15,18-19,21-22,28H,13-14H2,1-3H3,(H,25,29)/b8-4+/t15-,18-,19-,21+,22-/m1/s1. The largest absolute Gasteiger partial charge is 0.396 e. The van der Waals surface area contributed by atoms with Crippen LogP contribution in [0.4, 0.5) is 0 Å². The molecule has 0 bridgehead atoms. The summed E-state index contributed by atoms with van der Waals surface area (Å²) in [7, 11) is 1.92. The molecule has 4 rings (SSSR count). The number of aromatic nitrogens is 1. The fourth-order valence-corrected chi connectivity index (χ4v) is 5.22. The predicted octanol–water partition coefficient (Wildman–Crippen LogP) is 2.35. The summed E-state index contributed by atoms with van der Waals surface area (Å²) in [6.45, 7) is 4.29. The number of rotatable bonds is 5. The number of hydrogen-bond acceptors (Lipinski definition) is 4. The molecule has 1 aromatic carbocycles. The van der Waals surface area contributed by atoms with Crippen LogP contribution in [0.1, 0.15) is 42.8 Å². The van der Waals surface area contributed by atoms with E-state index in [0.29, 0.717) is 12.1 Å². The van der Waals surface area contributed by atoms with Crippen LogP contribution in [0.2, 0.25) is 0 Å². The van der Waals surface area contributed by atoms with E-state index in [0.717, 1.165) is 11.3 Å². The third-order valence-electron chi connectivity index (χ3n) is 6.66. The predicted molar refractivity (Wildman–Crippen MR) is 117 cm³/mol. The molecule has 1 aromatic heterocycles. The first-order valence-electron chi connectivity index (χ1n) is 10.5. The zero-order valence-corrected chi connectivity index (χ0v) is 17.7. The van der Waals surface area contributed by atoms with Gasteiger partial charge in [-0.15, -0.1) is 0 Å². The van der Waals surface area contributed by atoms with E-state index in [2.05, 4.69) is 5.32 Å². The molecular weight excluding hydrogens is 378 g/mol. The van der Waals surface area contributed by atoms with Crippen LogP contribution in [-0.4, -0.2) is 40.2 Å². The molecule has 3 heterocycles. The summed E-state index contributed by atoms with van der Waals surface area (Å²) in [4.78, 5) is 28.1. The average molecular weight is 408 g/mol. The lowest BCUT2D eigenvalue weighted by atomic mass is 9.88. The highest BCUT2D eigenvalue weighted by atomic mass is 16.3. The van der Waals surface area contributed by atoms with Gasteiger partial charge in [0.15, 0.2) is 0 Å². The van der Waals surface area contributed by atoms with Crippen molar-refractivity contribution in [2.75, 3.05) is 13.7 Å². The quantitative estimate of drug-likeness (QED) is 0.798. The van der Waals surface area contributed by atoms with Gasteiger partial charge in [-0.3, -0.25) is 14.5 Å². The van der Waals surface area contributed by atoms with Crippen molar-refractivity contribution in [2.45, 2.75) is 38.5 Å². The Labute approximate surface area is 176 Å². The maximum absolute atomic E-state index is 13.2. The Kier molecular flexibility index (Phi) is 5.62. The topological polar surface area (TPSA) is 74.6 Å². The minimum absolute atomic E-state index is 0.0104. The molecule has 0 saturated carbocycles. The molecule has 5 atom stereocenters. The van der Waals surface area contributed by atoms with Gasteiger partial charge in [0.05, 0.1) is 18.1 Å². The molecule has 0 aliphatic carbocycles. The summed E-state index contributed by atoms with van der Waals surface area (Å²) in [6, 6.07) is 13.1. The highest BCUT2D eigenvalue weighted by Gasteiger charge is 2.54. The number of allylic oxidation sites excluding steroid dienone is 1. The summed E-state index contributed by atoms with van der Waals surface area (Å²) in [5.41, 5.74) is 2.62. The van der Waals surface area contributed by atoms with Gasteiger partial charge in [0.1, 0.15) is 0 Å². The van der Waals surface area contributed by atoms with Gasteiger partial charge in [0, 0.05) is 36.2 Å². The summed E-state index contributed by atoms with van der Waals surface area (Å²) in [5.74, 6) is -0.287. The van der Waals surface area contributed by atoms with E-state index in [1.807, 2.05) is 85.0 Å². The normalized spacial score (nSPS) is 26.5.